The molecule has 0 fully saturated rings. The van der Waals surface area contributed by atoms with Gasteiger partial charge in [0.25, 0.3) is 0 Å². The topological polar surface area (TPSA) is 191 Å². The summed E-state index contributed by atoms with van der Waals surface area (Å²) in [5, 5.41) is -0.108. The molecule has 246 valence electrons. The largest absolute Gasteiger partial charge is 0.462 e. The minimum atomic E-state index is -0.818. The number of carbonyl (C=O) groups is 4. The summed E-state index contributed by atoms with van der Waals surface area (Å²) in [6, 6.07) is 11.0. The van der Waals surface area contributed by atoms with Gasteiger partial charge in [0.05, 0.1) is 70.5 Å². The van der Waals surface area contributed by atoms with Crippen LogP contribution in [0.4, 0.5) is 0 Å². The average molecular weight is 657 g/mol. The Morgan fingerprint density at radius 3 is 1.10 bits per heavy atom. The van der Waals surface area contributed by atoms with Crippen molar-refractivity contribution in [3.63, 3.8) is 0 Å². The highest BCUT2D eigenvalue weighted by molar-refractivity contribution is 6.07. The lowest BCUT2D eigenvalue weighted by atomic mass is 10.0. The van der Waals surface area contributed by atoms with Gasteiger partial charge < -0.3 is 27.8 Å². The first-order valence-corrected chi connectivity index (χ1v) is 14.9. The molecule has 0 aliphatic rings. The normalized spacial score (nSPS) is 10.9. The molecule has 0 aliphatic heterocycles. The quantitative estimate of drug-likeness (QED) is 0.148. The number of carbonyl (C=O) groups excluding carboxylic acids is 4. The first kappa shape index (κ1) is 33.2. The van der Waals surface area contributed by atoms with E-state index in [1.54, 1.807) is 27.7 Å². The van der Waals surface area contributed by atoms with Gasteiger partial charge in [0.15, 0.2) is 0 Å². The van der Waals surface area contributed by atoms with E-state index in [9.17, 15) is 28.8 Å². The van der Waals surface area contributed by atoms with E-state index in [0.29, 0.717) is 11.1 Å². The molecule has 48 heavy (non-hydrogen) atoms. The predicted octanol–water partition coefficient (Wildman–Crippen LogP) is 4.73. The number of fused-ring (bicyclic) bond motifs is 2. The molecular weight excluding hydrogens is 628 g/mol. The molecule has 5 rings (SSSR count). The molecule has 0 N–H and O–H groups in total. The molecule has 0 bridgehead atoms. The second-order valence-corrected chi connectivity index (χ2v) is 9.90. The second kappa shape index (κ2) is 14.1. The number of ether oxygens (including phenoxy) is 4. The van der Waals surface area contributed by atoms with Gasteiger partial charge in [-0.15, -0.1) is 0 Å². The molecule has 5 aromatic rings. The molecule has 3 aromatic carbocycles. The molecule has 0 saturated heterocycles. The lowest BCUT2D eigenvalue weighted by Crippen LogP contribution is -2.16. The lowest BCUT2D eigenvalue weighted by molar-refractivity contribution is 0.0479. The zero-order valence-corrected chi connectivity index (χ0v) is 26.2. The van der Waals surface area contributed by atoms with Gasteiger partial charge in [-0.05, 0) is 76.2 Å². The third-order valence-electron chi connectivity index (χ3n) is 6.89. The summed E-state index contributed by atoms with van der Waals surface area (Å²) in [6.45, 7) is 6.62. The summed E-state index contributed by atoms with van der Waals surface area (Å²) in [5.74, 6) is -3.41. The highest BCUT2D eigenvalue weighted by atomic mass is 16.5. The van der Waals surface area contributed by atoms with E-state index in [2.05, 4.69) is 9.97 Å². The zero-order chi connectivity index (χ0) is 34.5. The fraction of sp³-hybridized carbons (Fsp3) is 0.235. The van der Waals surface area contributed by atoms with Crippen molar-refractivity contribution in [2.75, 3.05) is 26.4 Å². The van der Waals surface area contributed by atoms with Gasteiger partial charge >= 0.3 is 35.1 Å². The fourth-order valence-electron chi connectivity index (χ4n) is 4.75. The van der Waals surface area contributed by atoms with E-state index in [0.717, 1.165) is 0 Å². The summed E-state index contributed by atoms with van der Waals surface area (Å²) < 4.78 is 31.1. The number of aromatic nitrogens is 2. The van der Waals surface area contributed by atoms with Crippen LogP contribution in [-0.2, 0) is 18.9 Å². The molecule has 0 atom stereocenters. The molecule has 0 unspecified atom stereocenters. The van der Waals surface area contributed by atoms with Crippen LogP contribution in [0.5, 0.6) is 0 Å². The van der Waals surface area contributed by atoms with Crippen LogP contribution in [0, 0.1) is 0 Å². The highest BCUT2D eigenvalue weighted by Gasteiger charge is 2.24. The van der Waals surface area contributed by atoms with Gasteiger partial charge in [-0.25, -0.2) is 38.7 Å². The molecule has 0 spiro atoms. The minimum Gasteiger partial charge on any atom is -0.462 e. The highest BCUT2D eigenvalue weighted by Crippen LogP contribution is 2.27. The third-order valence-corrected chi connectivity index (χ3v) is 6.89. The van der Waals surface area contributed by atoms with E-state index < -0.39 is 35.1 Å². The monoisotopic (exact) mass is 656 g/mol. The lowest BCUT2D eigenvalue weighted by Gasteiger charge is -2.10. The summed E-state index contributed by atoms with van der Waals surface area (Å²) >= 11 is 0. The van der Waals surface area contributed by atoms with Gasteiger partial charge in [0.1, 0.15) is 0 Å². The summed E-state index contributed by atoms with van der Waals surface area (Å²) in [7, 11) is 0. The number of benzene rings is 3. The maximum absolute atomic E-state index is 13.0. The standard InChI is InChI=1S/C34H28N2O12/c1-5-43-29(37)19-13-23-25(15-21(19)31(39)45-7-3)35-27(47-33(23)41)17-9-11-18(12-10-17)28-36-26-16-22(32(40)46-8-4)20(30(38)44-6-2)14-24(26)34(42)48-28/h9-16H,5-8H2,1-4H3. The van der Waals surface area contributed by atoms with E-state index in [1.807, 2.05) is 0 Å². The van der Waals surface area contributed by atoms with Crippen molar-refractivity contribution in [3.05, 3.63) is 91.6 Å². The Hall–Kier alpha value is -6.18. The first-order chi connectivity index (χ1) is 23.1. The second-order valence-electron chi connectivity index (χ2n) is 9.90. The van der Waals surface area contributed by atoms with Crippen LogP contribution in [0.25, 0.3) is 44.7 Å². The average Bonchev–Trinajstić information content (AvgIpc) is 3.07. The number of rotatable bonds is 10. The van der Waals surface area contributed by atoms with Crippen LogP contribution < -0.4 is 11.3 Å². The molecule has 14 nitrogen and oxygen atoms in total. The molecule has 0 aliphatic carbocycles. The Morgan fingerprint density at radius 2 is 0.812 bits per heavy atom. The van der Waals surface area contributed by atoms with Crippen molar-refractivity contribution in [1.29, 1.82) is 0 Å². The van der Waals surface area contributed by atoms with Crippen molar-refractivity contribution < 1.29 is 47.0 Å². The van der Waals surface area contributed by atoms with Gasteiger partial charge in [0.2, 0.25) is 11.8 Å². The Balaban J connectivity index is 1.55. The van der Waals surface area contributed by atoms with Crippen molar-refractivity contribution in [1.82, 2.24) is 9.97 Å². The summed E-state index contributed by atoms with van der Waals surface area (Å²) in [6.07, 6.45) is 0. The predicted molar refractivity (Wildman–Crippen MR) is 169 cm³/mol. The van der Waals surface area contributed by atoms with Gasteiger partial charge in [-0.2, -0.15) is 0 Å². The number of nitrogens with zero attached hydrogens (tertiary/aromatic N) is 2. The molecule has 2 heterocycles. The SMILES string of the molecule is CCOC(=O)c1cc2nc(-c3ccc(-c4nc5cc(C(=O)OCC)c(C(=O)OCC)cc5c(=O)o4)cc3)oc(=O)c2cc1C(=O)OCC. The van der Waals surface area contributed by atoms with Gasteiger partial charge in [0, 0.05) is 11.1 Å². The van der Waals surface area contributed by atoms with Crippen LogP contribution in [0.3, 0.4) is 0 Å². The zero-order valence-electron chi connectivity index (χ0n) is 26.2. The number of hydrogen-bond donors (Lipinski definition) is 0. The Bertz CT molecular complexity index is 2040. The molecule has 2 aromatic heterocycles. The van der Waals surface area contributed by atoms with E-state index >= 15 is 0 Å². The first-order valence-electron chi connectivity index (χ1n) is 14.9. The van der Waals surface area contributed by atoms with Crippen LogP contribution in [0.1, 0.15) is 69.1 Å². The Kier molecular flexibility index (Phi) is 9.73. The Labute approximate surface area is 271 Å². The molecule has 0 amide bonds. The smallest absolute Gasteiger partial charge is 0.347 e. The van der Waals surface area contributed by atoms with Crippen LogP contribution in [0.15, 0.2) is 67.0 Å². The maximum atomic E-state index is 13.0. The Morgan fingerprint density at radius 1 is 0.521 bits per heavy atom. The van der Waals surface area contributed by atoms with Crippen LogP contribution in [-0.4, -0.2) is 60.3 Å². The van der Waals surface area contributed by atoms with Crippen molar-refractivity contribution in [2.45, 2.75) is 27.7 Å². The minimum absolute atomic E-state index is 0.0457. The molecule has 0 radical (unpaired) electrons. The van der Waals surface area contributed by atoms with Crippen molar-refractivity contribution in [2.24, 2.45) is 0 Å². The van der Waals surface area contributed by atoms with Crippen molar-refractivity contribution >= 4 is 45.7 Å². The third kappa shape index (κ3) is 6.54. The van der Waals surface area contributed by atoms with Crippen LogP contribution >= 0.6 is 0 Å². The van der Waals surface area contributed by atoms with Gasteiger partial charge in [-0.3, -0.25) is 0 Å². The summed E-state index contributed by atoms with van der Waals surface area (Å²) in [5.41, 5.74) is -1.38. The van der Waals surface area contributed by atoms with Crippen LogP contribution in [0.2, 0.25) is 0 Å². The molecular formula is C34H28N2O12. The van der Waals surface area contributed by atoms with E-state index in [1.165, 1.54) is 48.5 Å². The van der Waals surface area contributed by atoms with Gasteiger partial charge in [-0.1, -0.05) is 0 Å². The molecule has 0 saturated carbocycles. The van der Waals surface area contributed by atoms with E-state index in [4.69, 9.17) is 27.8 Å². The molecule has 14 heteroatoms. The fourth-order valence-corrected chi connectivity index (χ4v) is 4.75. The number of hydrogen-bond acceptors (Lipinski definition) is 14. The summed E-state index contributed by atoms with van der Waals surface area (Å²) in [4.78, 5) is 85.1. The number of esters is 4. The maximum Gasteiger partial charge on any atom is 0.347 e. The van der Waals surface area contributed by atoms with E-state index in [-0.39, 0.29) is 82.3 Å². The van der Waals surface area contributed by atoms with Crippen molar-refractivity contribution in [3.8, 4) is 22.9 Å².